The van der Waals surface area contributed by atoms with Crippen molar-refractivity contribution in [3.63, 3.8) is 0 Å². The van der Waals surface area contributed by atoms with Gasteiger partial charge in [0.15, 0.2) is 0 Å². The van der Waals surface area contributed by atoms with Gasteiger partial charge in [-0.1, -0.05) is 19.3 Å². The molecule has 1 unspecified atom stereocenters. The van der Waals surface area contributed by atoms with Crippen LogP contribution in [0, 0.1) is 5.92 Å². The molecule has 0 spiro atoms. The molecule has 0 aromatic heterocycles. The number of fused-ring (bicyclic) bond motifs is 2. The molecule has 2 heterocycles. The lowest BCUT2D eigenvalue weighted by Crippen LogP contribution is -2.51. The van der Waals surface area contributed by atoms with Crippen molar-refractivity contribution >= 4 is 0 Å². The third kappa shape index (κ3) is 1.50. The van der Waals surface area contributed by atoms with Gasteiger partial charge in [-0.2, -0.15) is 0 Å². The van der Waals surface area contributed by atoms with Crippen LogP contribution in [-0.4, -0.2) is 29.1 Å². The van der Waals surface area contributed by atoms with Gasteiger partial charge in [0.25, 0.3) is 0 Å². The van der Waals surface area contributed by atoms with E-state index in [2.05, 4.69) is 30.1 Å². The van der Waals surface area contributed by atoms with E-state index >= 15 is 0 Å². The molecule has 1 saturated heterocycles. The molecule has 2 aliphatic heterocycles. The van der Waals surface area contributed by atoms with E-state index in [1.807, 2.05) is 0 Å². The number of allylic oxidation sites excluding steroid dienone is 1. The van der Waals surface area contributed by atoms with Crippen molar-refractivity contribution in [2.75, 3.05) is 13.6 Å². The van der Waals surface area contributed by atoms with Gasteiger partial charge in [-0.25, -0.2) is 5.01 Å². The molecule has 0 N–H and O–H groups in total. The van der Waals surface area contributed by atoms with E-state index in [0.29, 0.717) is 5.54 Å². The number of hydrazine groups is 1. The molecule has 1 aliphatic carbocycles. The van der Waals surface area contributed by atoms with E-state index in [0.717, 1.165) is 5.92 Å². The third-order valence-corrected chi connectivity index (χ3v) is 4.93. The summed E-state index contributed by atoms with van der Waals surface area (Å²) in [5, 5.41) is 5.06. The van der Waals surface area contributed by atoms with Gasteiger partial charge in [-0.3, -0.25) is 0 Å². The molecular formula is C14H24N2. The topological polar surface area (TPSA) is 6.48 Å². The summed E-state index contributed by atoms with van der Waals surface area (Å²) in [5.41, 5.74) is 1.98. The molecule has 2 heteroatoms. The Morgan fingerprint density at radius 2 is 1.94 bits per heavy atom. The first-order valence-electron chi connectivity index (χ1n) is 6.95. The Kier molecular flexibility index (Phi) is 2.50. The Hall–Kier alpha value is -0.500. The van der Waals surface area contributed by atoms with Crippen molar-refractivity contribution in [3.8, 4) is 0 Å². The molecule has 0 radical (unpaired) electrons. The van der Waals surface area contributed by atoms with Crippen LogP contribution in [0.25, 0.3) is 0 Å². The van der Waals surface area contributed by atoms with Gasteiger partial charge in [0.2, 0.25) is 0 Å². The fourth-order valence-electron chi connectivity index (χ4n) is 3.76. The van der Waals surface area contributed by atoms with Crippen molar-refractivity contribution in [1.29, 1.82) is 0 Å². The van der Waals surface area contributed by atoms with Crippen LogP contribution < -0.4 is 0 Å². The highest BCUT2D eigenvalue weighted by Gasteiger charge is 2.43. The summed E-state index contributed by atoms with van der Waals surface area (Å²) in [6, 6.07) is 0. The molecule has 1 atom stereocenters. The first-order valence-corrected chi connectivity index (χ1v) is 6.95. The Morgan fingerprint density at radius 1 is 1.19 bits per heavy atom. The van der Waals surface area contributed by atoms with Gasteiger partial charge in [0.1, 0.15) is 0 Å². The highest BCUT2D eigenvalue weighted by atomic mass is 15.7. The fourth-order valence-corrected chi connectivity index (χ4v) is 3.76. The lowest BCUT2D eigenvalue weighted by Gasteiger charge is -2.44. The van der Waals surface area contributed by atoms with Gasteiger partial charge < -0.3 is 5.01 Å². The number of likely N-dealkylation sites (N-methyl/N-ethyl adjacent to an activating group) is 1. The maximum absolute atomic E-state index is 2.58. The zero-order valence-corrected chi connectivity index (χ0v) is 10.7. The smallest absolute Gasteiger partial charge is 0.0572 e. The maximum Gasteiger partial charge on any atom is 0.0572 e. The molecule has 0 amide bonds. The summed E-state index contributed by atoms with van der Waals surface area (Å²) in [4.78, 5) is 0. The van der Waals surface area contributed by atoms with Gasteiger partial charge >= 0.3 is 0 Å². The quantitative estimate of drug-likeness (QED) is 0.669. The highest BCUT2D eigenvalue weighted by Crippen LogP contribution is 2.43. The molecular weight excluding hydrogens is 196 g/mol. The van der Waals surface area contributed by atoms with E-state index in [9.17, 15) is 0 Å². The predicted molar refractivity (Wildman–Crippen MR) is 66.8 cm³/mol. The second kappa shape index (κ2) is 3.76. The van der Waals surface area contributed by atoms with Gasteiger partial charge in [0.05, 0.1) is 5.54 Å². The molecule has 2 bridgehead atoms. The zero-order chi connectivity index (χ0) is 11.2. The summed E-state index contributed by atoms with van der Waals surface area (Å²) in [5.74, 6) is 0.858. The van der Waals surface area contributed by atoms with Crippen LogP contribution in [0.4, 0.5) is 0 Å². The first-order chi connectivity index (χ1) is 7.71. The van der Waals surface area contributed by atoms with Gasteiger partial charge in [0, 0.05) is 25.2 Å². The maximum atomic E-state index is 2.58. The number of rotatable bonds is 1. The minimum absolute atomic E-state index is 0.324. The zero-order valence-electron chi connectivity index (χ0n) is 10.7. The molecule has 1 saturated carbocycles. The van der Waals surface area contributed by atoms with E-state index in [1.165, 1.54) is 51.5 Å². The van der Waals surface area contributed by atoms with Crippen molar-refractivity contribution in [1.82, 2.24) is 10.0 Å². The molecule has 0 aromatic carbocycles. The normalized spacial score (nSPS) is 36.6. The summed E-state index contributed by atoms with van der Waals surface area (Å²) < 4.78 is 0. The second-order valence-corrected chi connectivity index (χ2v) is 6.01. The van der Waals surface area contributed by atoms with Crippen LogP contribution in [0.2, 0.25) is 0 Å². The third-order valence-electron chi connectivity index (χ3n) is 4.93. The molecule has 16 heavy (non-hydrogen) atoms. The minimum Gasteiger partial charge on any atom is -0.309 e. The van der Waals surface area contributed by atoms with E-state index in [4.69, 9.17) is 0 Å². The van der Waals surface area contributed by atoms with Crippen molar-refractivity contribution < 1.29 is 0 Å². The Balaban J connectivity index is 1.84. The fraction of sp³-hybridized carbons (Fsp3) is 0.857. The molecule has 3 rings (SSSR count). The summed E-state index contributed by atoms with van der Waals surface area (Å²) in [6.07, 6.45) is 12.4. The Morgan fingerprint density at radius 3 is 2.62 bits per heavy atom. The number of nitrogens with zero attached hydrogens (tertiary/aromatic N) is 2. The van der Waals surface area contributed by atoms with E-state index in [-0.39, 0.29) is 0 Å². The van der Waals surface area contributed by atoms with Crippen molar-refractivity contribution in [2.45, 2.75) is 57.4 Å². The Labute approximate surface area is 99.3 Å². The number of hydrogen-bond acceptors (Lipinski definition) is 2. The first kappa shape index (κ1) is 10.6. The van der Waals surface area contributed by atoms with Crippen LogP contribution in [0.15, 0.2) is 11.8 Å². The molecule has 0 aromatic rings. The van der Waals surface area contributed by atoms with Crippen LogP contribution >= 0.6 is 0 Å². The minimum atomic E-state index is 0.324. The number of hydrogen-bond donors (Lipinski definition) is 0. The molecule has 90 valence electrons. The largest absolute Gasteiger partial charge is 0.309 e. The summed E-state index contributed by atoms with van der Waals surface area (Å²) in [6.45, 7) is 3.64. The highest BCUT2D eigenvalue weighted by molar-refractivity contribution is 5.22. The van der Waals surface area contributed by atoms with Crippen LogP contribution in [0.5, 0.6) is 0 Å². The van der Waals surface area contributed by atoms with Crippen LogP contribution in [0.1, 0.15) is 51.9 Å². The lowest BCUT2D eigenvalue weighted by molar-refractivity contribution is -0.0498. The van der Waals surface area contributed by atoms with Crippen LogP contribution in [-0.2, 0) is 0 Å². The molecule has 3 aliphatic rings. The van der Waals surface area contributed by atoms with Crippen molar-refractivity contribution in [3.05, 3.63) is 11.8 Å². The second-order valence-electron chi connectivity index (χ2n) is 6.01. The predicted octanol–water partition coefficient (Wildman–Crippen LogP) is 3.17. The average Bonchev–Trinajstić information content (AvgIpc) is 2.48. The Bertz CT molecular complexity index is 304. The van der Waals surface area contributed by atoms with Crippen molar-refractivity contribution in [2.24, 2.45) is 5.92 Å². The monoisotopic (exact) mass is 220 g/mol. The molecule has 2 fully saturated rings. The van der Waals surface area contributed by atoms with E-state index < -0.39 is 0 Å². The van der Waals surface area contributed by atoms with Gasteiger partial charge in [-0.05, 0) is 38.7 Å². The van der Waals surface area contributed by atoms with E-state index in [1.54, 1.807) is 5.70 Å². The summed E-state index contributed by atoms with van der Waals surface area (Å²) >= 11 is 0. The lowest BCUT2D eigenvalue weighted by atomic mass is 9.85. The SMILES string of the molecule is CN1N2CCCC1(C)C=C2C1CCCCC1. The van der Waals surface area contributed by atoms with Gasteiger partial charge in [-0.15, -0.1) is 0 Å². The van der Waals surface area contributed by atoms with Crippen LogP contribution in [0.3, 0.4) is 0 Å². The average molecular weight is 220 g/mol. The standard InChI is InChI=1S/C14H24N2/c1-14-9-6-10-16(15(14)2)13(11-14)12-7-4-3-5-8-12/h11-12H,3-10H2,1-2H3. The summed E-state index contributed by atoms with van der Waals surface area (Å²) in [7, 11) is 2.27. The molecule has 2 nitrogen and oxygen atoms in total.